The molecular weight excluding hydrogens is 278 g/mol. The van der Waals surface area contributed by atoms with E-state index in [9.17, 15) is 17.2 Å². The number of hydrogen-bond acceptors (Lipinski definition) is 3. The molecule has 112 valence electrons. The minimum Gasteiger partial charge on any atom is -0.370 e. The van der Waals surface area contributed by atoms with E-state index in [1.165, 1.54) is 0 Å². The van der Waals surface area contributed by atoms with Gasteiger partial charge in [-0.2, -0.15) is 13.1 Å². The normalized spacial score (nSPS) is 19.9. The Morgan fingerprint density at radius 3 is 2.53 bits per heavy atom. The predicted octanol–water partition coefficient (Wildman–Crippen LogP) is 0.175. The number of nitrogens with two attached hydrogens (primary N) is 1. The first-order valence-corrected chi connectivity index (χ1v) is 7.69. The molecule has 0 aliphatic carbocycles. The number of hydrogen-bond donors (Lipinski definition) is 2. The van der Waals surface area contributed by atoms with Crippen LogP contribution in [0.1, 0.15) is 19.8 Å². The van der Waals surface area contributed by atoms with Crippen molar-refractivity contribution in [3.8, 4) is 0 Å². The lowest BCUT2D eigenvalue weighted by molar-refractivity contribution is 0.205. The van der Waals surface area contributed by atoms with Crippen LogP contribution in [-0.2, 0) is 10.0 Å². The smallest absolute Gasteiger partial charge is 0.350 e. The topological polar surface area (TPSA) is 87.8 Å². The zero-order valence-electron chi connectivity index (χ0n) is 10.8. The quantitative estimate of drug-likeness (QED) is 0.559. The van der Waals surface area contributed by atoms with Gasteiger partial charge in [-0.05, 0) is 25.7 Å². The molecule has 1 aliphatic heterocycles. The first-order valence-electron chi connectivity index (χ1n) is 6.18. The Hall–Kier alpha value is -0.960. The fourth-order valence-corrected chi connectivity index (χ4v) is 2.87. The SMILES string of the molecule is CCNC(N)=NCC1CCN(S(=O)(=O)C(F)F)CC1. The van der Waals surface area contributed by atoms with Crippen molar-refractivity contribution in [2.75, 3.05) is 26.2 Å². The standard InChI is InChI=1S/C10H20F2N4O2S/c1-2-14-10(13)15-7-8-3-5-16(6-4-8)19(17,18)9(11)12/h8-9H,2-7H2,1H3,(H3,13,14,15). The van der Waals surface area contributed by atoms with Crippen LogP contribution in [0.5, 0.6) is 0 Å². The Kier molecular flexibility index (Phi) is 5.92. The second kappa shape index (κ2) is 6.99. The number of guanidine groups is 1. The van der Waals surface area contributed by atoms with Crippen LogP contribution in [0.4, 0.5) is 8.78 Å². The Morgan fingerprint density at radius 2 is 2.05 bits per heavy atom. The molecule has 0 radical (unpaired) electrons. The first-order chi connectivity index (χ1) is 8.87. The van der Waals surface area contributed by atoms with Gasteiger partial charge in [0.1, 0.15) is 0 Å². The summed E-state index contributed by atoms with van der Waals surface area (Å²) in [6.45, 7) is 3.31. The number of halogens is 2. The van der Waals surface area contributed by atoms with E-state index < -0.39 is 15.8 Å². The highest BCUT2D eigenvalue weighted by Gasteiger charge is 2.34. The summed E-state index contributed by atoms with van der Waals surface area (Å²) in [5, 5.41) is 2.86. The van der Waals surface area contributed by atoms with Crippen LogP contribution in [0.15, 0.2) is 4.99 Å². The molecule has 0 bridgehead atoms. The van der Waals surface area contributed by atoms with Crippen LogP contribution < -0.4 is 11.1 Å². The lowest BCUT2D eigenvalue weighted by atomic mass is 9.98. The number of rotatable bonds is 5. The average molecular weight is 298 g/mol. The van der Waals surface area contributed by atoms with E-state index in [0.717, 1.165) is 4.31 Å². The molecule has 0 aromatic rings. The van der Waals surface area contributed by atoms with Crippen LogP contribution in [0, 0.1) is 5.92 Å². The lowest BCUT2D eigenvalue weighted by Gasteiger charge is -2.30. The molecule has 6 nitrogen and oxygen atoms in total. The van der Waals surface area contributed by atoms with Gasteiger partial charge in [0.2, 0.25) is 0 Å². The van der Waals surface area contributed by atoms with E-state index in [0.29, 0.717) is 31.9 Å². The van der Waals surface area contributed by atoms with Gasteiger partial charge in [-0.1, -0.05) is 0 Å². The molecule has 1 heterocycles. The maximum absolute atomic E-state index is 12.4. The van der Waals surface area contributed by atoms with Crippen molar-refractivity contribution in [2.24, 2.45) is 16.6 Å². The number of piperidine rings is 1. The van der Waals surface area contributed by atoms with Crippen molar-refractivity contribution < 1.29 is 17.2 Å². The minimum atomic E-state index is -4.44. The van der Waals surface area contributed by atoms with Gasteiger partial charge in [-0.15, -0.1) is 0 Å². The van der Waals surface area contributed by atoms with Crippen LogP contribution in [0.25, 0.3) is 0 Å². The van der Waals surface area contributed by atoms with E-state index in [1.54, 1.807) is 0 Å². The minimum absolute atomic E-state index is 0.119. The number of nitrogens with one attached hydrogen (secondary N) is 1. The zero-order chi connectivity index (χ0) is 14.5. The van der Waals surface area contributed by atoms with Gasteiger partial charge < -0.3 is 11.1 Å². The number of alkyl halides is 2. The predicted molar refractivity (Wildman–Crippen MR) is 69.4 cm³/mol. The molecule has 0 spiro atoms. The van der Waals surface area contributed by atoms with Gasteiger partial charge in [-0.25, -0.2) is 8.42 Å². The molecule has 0 atom stereocenters. The monoisotopic (exact) mass is 298 g/mol. The van der Waals surface area contributed by atoms with Crippen molar-refractivity contribution in [2.45, 2.75) is 25.5 Å². The van der Waals surface area contributed by atoms with Gasteiger partial charge in [0, 0.05) is 26.2 Å². The summed E-state index contributed by atoms with van der Waals surface area (Å²) in [4.78, 5) is 4.13. The molecule has 0 aromatic heterocycles. The maximum atomic E-state index is 12.4. The molecular formula is C10H20F2N4O2S. The van der Waals surface area contributed by atoms with E-state index in [4.69, 9.17) is 5.73 Å². The number of sulfonamides is 1. The van der Waals surface area contributed by atoms with E-state index in [1.807, 2.05) is 6.92 Å². The number of nitrogens with zero attached hydrogens (tertiary/aromatic N) is 2. The molecule has 1 rings (SSSR count). The van der Waals surface area contributed by atoms with Gasteiger partial charge in [0.25, 0.3) is 10.0 Å². The summed E-state index contributed by atoms with van der Waals surface area (Å²) in [5.74, 6) is -2.81. The lowest BCUT2D eigenvalue weighted by Crippen LogP contribution is -2.42. The van der Waals surface area contributed by atoms with Gasteiger partial charge in [0.15, 0.2) is 5.96 Å². The first kappa shape index (κ1) is 16.1. The molecule has 1 aliphatic rings. The van der Waals surface area contributed by atoms with Gasteiger partial charge in [-0.3, -0.25) is 4.99 Å². The van der Waals surface area contributed by atoms with Crippen LogP contribution >= 0.6 is 0 Å². The van der Waals surface area contributed by atoms with Crippen LogP contribution in [-0.4, -0.2) is 50.6 Å². The van der Waals surface area contributed by atoms with E-state index in [2.05, 4.69) is 10.3 Å². The maximum Gasteiger partial charge on any atom is 0.350 e. The Labute approximate surface area is 112 Å². The van der Waals surface area contributed by atoms with E-state index in [-0.39, 0.29) is 19.0 Å². The van der Waals surface area contributed by atoms with Crippen LogP contribution in [0.3, 0.4) is 0 Å². The third-order valence-corrected chi connectivity index (χ3v) is 4.57. The second-order valence-corrected chi connectivity index (χ2v) is 6.31. The molecule has 0 unspecified atom stereocenters. The van der Waals surface area contributed by atoms with E-state index >= 15 is 0 Å². The average Bonchev–Trinajstić information content (AvgIpc) is 2.37. The molecule has 3 N–H and O–H groups in total. The summed E-state index contributed by atoms with van der Waals surface area (Å²) in [5.41, 5.74) is 5.57. The molecule has 0 saturated carbocycles. The fourth-order valence-electron chi connectivity index (χ4n) is 1.92. The Morgan fingerprint density at radius 1 is 1.47 bits per heavy atom. The van der Waals surface area contributed by atoms with Crippen molar-refractivity contribution in [1.82, 2.24) is 9.62 Å². The summed E-state index contributed by atoms with van der Waals surface area (Å²) in [6, 6.07) is 0. The molecule has 9 heteroatoms. The molecule has 0 amide bonds. The summed E-state index contributed by atoms with van der Waals surface area (Å²) in [7, 11) is -4.44. The summed E-state index contributed by atoms with van der Waals surface area (Å²) in [6.07, 6.45) is 1.05. The highest BCUT2D eigenvalue weighted by Crippen LogP contribution is 2.22. The third kappa shape index (κ3) is 4.57. The molecule has 1 saturated heterocycles. The molecule has 0 aromatic carbocycles. The Bertz CT molecular complexity index is 406. The highest BCUT2D eigenvalue weighted by molar-refractivity contribution is 7.89. The summed E-state index contributed by atoms with van der Waals surface area (Å²) < 4.78 is 48.1. The Balaban J connectivity index is 2.44. The summed E-state index contributed by atoms with van der Waals surface area (Å²) >= 11 is 0. The zero-order valence-corrected chi connectivity index (χ0v) is 11.7. The van der Waals surface area contributed by atoms with Gasteiger partial charge >= 0.3 is 5.76 Å². The highest BCUT2D eigenvalue weighted by atomic mass is 32.2. The van der Waals surface area contributed by atoms with Crippen molar-refractivity contribution in [3.63, 3.8) is 0 Å². The van der Waals surface area contributed by atoms with Gasteiger partial charge in [0.05, 0.1) is 0 Å². The van der Waals surface area contributed by atoms with Crippen LogP contribution in [0.2, 0.25) is 0 Å². The molecule has 19 heavy (non-hydrogen) atoms. The largest absolute Gasteiger partial charge is 0.370 e. The second-order valence-electron chi connectivity index (χ2n) is 4.40. The van der Waals surface area contributed by atoms with Crippen molar-refractivity contribution in [3.05, 3.63) is 0 Å². The number of aliphatic imine (C=N–C) groups is 1. The third-order valence-electron chi connectivity index (χ3n) is 3.04. The van der Waals surface area contributed by atoms with Crippen molar-refractivity contribution >= 4 is 16.0 Å². The molecule has 1 fully saturated rings. The van der Waals surface area contributed by atoms with Crippen molar-refractivity contribution in [1.29, 1.82) is 0 Å². The fraction of sp³-hybridized carbons (Fsp3) is 0.900.